The first-order chi connectivity index (χ1) is 10.5. The van der Waals surface area contributed by atoms with Crippen LogP contribution in [-0.4, -0.2) is 53.2 Å². The molecule has 2 aromatic heterocycles. The molecular weight excluding hydrogens is 324 g/mol. The highest BCUT2D eigenvalue weighted by atomic mass is 32.1. The lowest BCUT2D eigenvalue weighted by atomic mass is 10.3. The van der Waals surface area contributed by atoms with E-state index >= 15 is 0 Å². The van der Waals surface area contributed by atoms with Crippen LogP contribution in [0.5, 0.6) is 0 Å². The van der Waals surface area contributed by atoms with Crippen LogP contribution in [0.25, 0.3) is 0 Å². The Hall–Kier alpha value is -1.84. The molecule has 9 heteroatoms. The van der Waals surface area contributed by atoms with Gasteiger partial charge >= 0.3 is 0 Å². The number of aromatic nitrogens is 2. The van der Waals surface area contributed by atoms with Gasteiger partial charge in [0.05, 0.1) is 6.42 Å². The van der Waals surface area contributed by atoms with Gasteiger partial charge < -0.3 is 15.3 Å². The fourth-order valence-electron chi connectivity index (χ4n) is 1.46. The zero-order valence-electron chi connectivity index (χ0n) is 12.4. The highest BCUT2D eigenvalue weighted by molar-refractivity contribution is 7.15. The number of carbonyl (C=O) groups excluding carboxylic acids is 1. The molecule has 0 atom stereocenters. The Bertz CT molecular complexity index is 570. The molecule has 120 valence electrons. The maximum Gasteiger partial charge on any atom is 0.290 e. The molecule has 0 spiro atoms. The van der Waals surface area contributed by atoms with Crippen LogP contribution in [0.2, 0.25) is 0 Å². The predicted octanol–water partition coefficient (Wildman–Crippen LogP) is 1.59. The summed E-state index contributed by atoms with van der Waals surface area (Å²) < 4.78 is 0. The molecule has 0 fully saturated rings. The number of thiophene rings is 1. The van der Waals surface area contributed by atoms with Gasteiger partial charge in [-0.15, -0.1) is 21.5 Å². The van der Waals surface area contributed by atoms with Crippen molar-refractivity contribution in [3.8, 4) is 0 Å². The lowest BCUT2D eigenvalue weighted by Gasteiger charge is -2.05. The van der Waals surface area contributed by atoms with E-state index in [9.17, 15) is 4.79 Å². The summed E-state index contributed by atoms with van der Waals surface area (Å²) in [4.78, 5) is 23.3. The minimum absolute atomic E-state index is 0.0437. The van der Waals surface area contributed by atoms with Crippen molar-refractivity contribution >= 4 is 40.2 Å². The molecule has 0 bridgehead atoms. The molecule has 2 heterocycles. The van der Waals surface area contributed by atoms with Crippen LogP contribution in [0, 0.1) is 0 Å². The van der Waals surface area contributed by atoms with Gasteiger partial charge in [0.2, 0.25) is 11.0 Å². The smallest absolute Gasteiger partial charge is 0.290 e. The molecule has 22 heavy (non-hydrogen) atoms. The molecule has 0 saturated carbocycles. The Morgan fingerprint density at radius 1 is 1.45 bits per heavy atom. The predicted molar refractivity (Wildman–Crippen MR) is 87.5 cm³/mol. The lowest BCUT2D eigenvalue weighted by molar-refractivity contribution is -0.123. The normalized spacial score (nSPS) is 9.95. The van der Waals surface area contributed by atoms with Crippen LogP contribution in [0.15, 0.2) is 17.5 Å². The summed E-state index contributed by atoms with van der Waals surface area (Å²) in [5.41, 5.74) is 0. The van der Waals surface area contributed by atoms with Crippen LogP contribution >= 0.6 is 22.7 Å². The van der Waals surface area contributed by atoms with Crippen LogP contribution in [0.1, 0.15) is 9.88 Å². The van der Waals surface area contributed by atoms with Crippen LogP contribution in [-0.2, 0) is 22.4 Å². The Morgan fingerprint density at radius 2 is 2.18 bits per heavy atom. The summed E-state index contributed by atoms with van der Waals surface area (Å²) in [5.74, 6) is -0.0437. The molecular formula is C13H18N4O3S2. The summed E-state index contributed by atoms with van der Waals surface area (Å²) in [6.45, 7) is 0.678. The molecule has 0 radical (unpaired) electrons. The summed E-state index contributed by atoms with van der Waals surface area (Å²) >= 11 is 3.02. The molecule has 0 aromatic carbocycles. The number of amides is 1. The third kappa shape index (κ3) is 7.25. The van der Waals surface area contributed by atoms with E-state index < -0.39 is 0 Å². The molecule has 0 saturated heterocycles. The van der Waals surface area contributed by atoms with Crippen LogP contribution < -0.4 is 5.32 Å². The minimum atomic E-state index is -0.250. The van der Waals surface area contributed by atoms with E-state index in [1.165, 1.54) is 11.3 Å². The molecule has 7 nitrogen and oxygen atoms in total. The molecule has 2 N–H and O–H groups in total. The molecule has 0 aliphatic rings. The van der Waals surface area contributed by atoms with Gasteiger partial charge in [0.1, 0.15) is 5.01 Å². The van der Waals surface area contributed by atoms with Gasteiger partial charge in [-0.2, -0.15) is 0 Å². The van der Waals surface area contributed by atoms with Crippen molar-refractivity contribution in [3.63, 3.8) is 0 Å². The van der Waals surface area contributed by atoms with E-state index in [-0.39, 0.29) is 12.4 Å². The average Bonchev–Trinajstić information content (AvgIpc) is 3.09. The largest absolute Gasteiger partial charge is 0.483 e. The Balaban J connectivity index is 0.000000745. The second kappa shape index (κ2) is 9.98. The molecule has 2 rings (SSSR count). The van der Waals surface area contributed by atoms with Crippen LogP contribution in [0.4, 0.5) is 5.13 Å². The van der Waals surface area contributed by atoms with Crippen molar-refractivity contribution in [2.45, 2.75) is 12.8 Å². The van der Waals surface area contributed by atoms with E-state index in [1.807, 2.05) is 31.6 Å². The first kappa shape index (κ1) is 18.2. The fraction of sp³-hybridized carbons (Fsp3) is 0.385. The fourth-order valence-corrected chi connectivity index (χ4v) is 2.91. The average molecular weight is 342 g/mol. The second-order valence-corrected chi connectivity index (χ2v) is 6.56. The van der Waals surface area contributed by atoms with Crippen molar-refractivity contribution < 1.29 is 14.7 Å². The quantitative estimate of drug-likeness (QED) is 0.774. The van der Waals surface area contributed by atoms with Gasteiger partial charge in [-0.3, -0.25) is 9.59 Å². The molecule has 0 unspecified atom stereocenters. The standard InChI is InChI=1S/C12H16N4OS2.CH2O2/c1-16(2)6-5-11-14-15-12(19-11)13-10(17)8-9-4-3-7-18-9;2-1-3/h3-4,7H,5-6,8H2,1-2H3,(H,13,15,17);1H,(H,2,3). The number of likely N-dealkylation sites (N-methyl/N-ethyl adjacent to an activating group) is 1. The summed E-state index contributed by atoms with van der Waals surface area (Å²) in [6.07, 6.45) is 1.25. The molecule has 1 amide bonds. The highest BCUT2D eigenvalue weighted by Crippen LogP contribution is 2.17. The maximum absolute atomic E-state index is 11.8. The molecule has 2 aromatic rings. The van der Waals surface area contributed by atoms with Crippen molar-refractivity contribution in [3.05, 3.63) is 27.4 Å². The number of nitrogens with one attached hydrogen (secondary N) is 1. The van der Waals surface area contributed by atoms with Gasteiger partial charge in [0.25, 0.3) is 6.47 Å². The number of anilines is 1. The van der Waals surface area contributed by atoms with Crippen molar-refractivity contribution in [1.82, 2.24) is 15.1 Å². The van der Waals surface area contributed by atoms with Crippen molar-refractivity contribution in [1.29, 1.82) is 0 Å². The van der Waals surface area contributed by atoms with Gasteiger partial charge in [0, 0.05) is 17.8 Å². The summed E-state index contributed by atoms with van der Waals surface area (Å²) in [6, 6.07) is 3.89. The zero-order chi connectivity index (χ0) is 16.4. The lowest BCUT2D eigenvalue weighted by Crippen LogP contribution is -2.14. The third-order valence-electron chi connectivity index (χ3n) is 2.40. The second-order valence-electron chi connectivity index (χ2n) is 4.46. The van der Waals surface area contributed by atoms with E-state index in [2.05, 4.69) is 20.4 Å². The SMILES string of the molecule is CN(C)CCc1nnc(NC(=O)Cc2cccs2)s1.O=CO. The zero-order valence-corrected chi connectivity index (χ0v) is 14.0. The van der Waals surface area contributed by atoms with Crippen molar-refractivity contribution in [2.24, 2.45) is 0 Å². The molecule has 0 aliphatic carbocycles. The van der Waals surface area contributed by atoms with E-state index in [4.69, 9.17) is 9.90 Å². The number of carboxylic acid groups (broad SMARTS) is 1. The van der Waals surface area contributed by atoms with E-state index in [1.54, 1.807) is 11.3 Å². The Kier molecular flexibility index (Phi) is 8.26. The number of nitrogens with zero attached hydrogens (tertiary/aromatic N) is 3. The van der Waals surface area contributed by atoms with Gasteiger partial charge in [0.15, 0.2) is 0 Å². The molecule has 0 aliphatic heterocycles. The van der Waals surface area contributed by atoms with E-state index in [0.717, 1.165) is 22.9 Å². The first-order valence-electron chi connectivity index (χ1n) is 6.42. The van der Waals surface area contributed by atoms with Crippen LogP contribution in [0.3, 0.4) is 0 Å². The Labute approximate surface area is 136 Å². The van der Waals surface area contributed by atoms with Gasteiger partial charge in [-0.1, -0.05) is 17.4 Å². The number of hydrogen-bond donors (Lipinski definition) is 2. The minimum Gasteiger partial charge on any atom is -0.483 e. The van der Waals surface area contributed by atoms with Gasteiger partial charge in [-0.05, 0) is 25.5 Å². The third-order valence-corrected chi connectivity index (χ3v) is 4.18. The van der Waals surface area contributed by atoms with E-state index in [0.29, 0.717) is 11.6 Å². The van der Waals surface area contributed by atoms with Gasteiger partial charge in [-0.25, -0.2) is 0 Å². The van der Waals surface area contributed by atoms with Crippen molar-refractivity contribution in [2.75, 3.05) is 26.0 Å². The summed E-state index contributed by atoms with van der Waals surface area (Å²) in [7, 11) is 4.04. The number of hydrogen-bond acceptors (Lipinski definition) is 7. The monoisotopic (exact) mass is 342 g/mol. The number of carbonyl (C=O) groups is 2. The Morgan fingerprint density at radius 3 is 2.77 bits per heavy atom. The number of rotatable bonds is 6. The summed E-state index contributed by atoms with van der Waals surface area (Å²) in [5, 5.41) is 21.2. The maximum atomic E-state index is 11.8. The highest BCUT2D eigenvalue weighted by Gasteiger charge is 2.09. The topological polar surface area (TPSA) is 95.4 Å². The first-order valence-corrected chi connectivity index (χ1v) is 8.12.